The van der Waals surface area contributed by atoms with Crippen molar-refractivity contribution in [3.05, 3.63) is 84.4 Å². The summed E-state index contributed by atoms with van der Waals surface area (Å²) in [5.74, 6) is -0.323. The molecule has 0 saturated heterocycles. The number of nitrogens with zero attached hydrogens (tertiary/aromatic N) is 4. The summed E-state index contributed by atoms with van der Waals surface area (Å²) in [5.41, 5.74) is 4.63. The highest BCUT2D eigenvalue weighted by Crippen LogP contribution is 2.23. The van der Waals surface area contributed by atoms with Gasteiger partial charge in [-0.15, -0.1) is 0 Å². The summed E-state index contributed by atoms with van der Waals surface area (Å²) in [7, 11) is 0. The SMILES string of the molecule is Cc1cc(C)cc(-n2c(C)cc(C(=O)Cn3c(=O)c(C#N)c4n(c3=O)CCCCC4)c2C)c1. The Bertz CT molecular complexity index is 1410. The average molecular weight is 445 g/mol. The lowest BCUT2D eigenvalue weighted by atomic mass is 10.1. The third-order valence-electron chi connectivity index (χ3n) is 6.44. The number of nitriles is 1. The van der Waals surface area contributed by atoms with Gasteiger partial charge in [-0.05, 0) is 76.3 Å². The first-order chi connectivity index (χ1) is 15.7. The zero-order valence-electron chi connectivity index (χ0n) is 19.6. The van der Waals surface area contributed by atoms with E-state index in [1.165, 1.54) is 4.57 Å². The molecule has 3 heterocycles. The Morgan fingerprint density at radius 2 is 1.70 bits per heavy atom. The largest absolute Gasteiger partial charge is 0.331 e. The number of carbonyl (C=O) groups is 1. The summed E-state index contributed by atoms with van der Waals surface area (Å²) in [5, 5.41) is 9.62. The average Bonchev–Trinajstić information content (AvgIpc) is 2.90. The van der Waals surface area contributed by atoms with Crippen LogP contribution in [-0.2, 0) is 19.5 Å². The number of fused-ring (bicyclic) bond motifs is 1. The van der Waals surface area contributed by atoms with Crippen molar-refractivity contribution in [3.63, 3.8) is 0 Å². The zero-order valence-corrected chi connectivity index (χ0v) is 19.6. The van der Waals surface area contributed by atoms with Crippen molar-refractivity contribution >= 4 is 5.78 Å². The van der Waals surface area contributed by atoms with Gasteiger partial charge < -0.3 is 4.57 Å². The molecule has 7 nitrogen and oxygen atoms in total. The molecule has 0 N–H and O–H groups in total. The summed E-state index contributed by atoms with van der Waals surface area (Å²) >= 11 is 0. The molecular formula is C26H28N4O3. The van der Waals surface area contributed by atoms with Crippen LogP contribution in [-0.4, -0.2) is 19.5 Å². The van der Waals surface area contributed by atoms with E-state index >= 15 is 0 Å². The van der Waals surface area contributed by atoms with Crippen LogP contribution in [0.3, 0.4) is 0 Å². The van der Waals surface area contributed by atoms with Crippen LogP contribution in [0.2, 0.25) is 0 Å². The lowest BCUT2D eigenvalue weighted by Crippen LogP contribution is -2.44. The third kappa shape index (κ3) is 3.97. The molecule has 0 aliphatic carbocycles. The van der Waals surface area contributed by atoms with Crippen LogP contribution in [0.4, 0.5) is 0 Å². The first kappa shape index (κ1) is 22.5. The van der Waals surface area contributed by atoms with E-state index in [1.54, 1.807) is 6.07 Å². The number of carbonyl (C=O) groups excluding carboxylic acids is 1. The van der Waals surface area contributed by atoms with Gasteiger partial charge in [0.2, 0.25) is 0 Å². The quantitative estimate of drug-likeness (QED) is 0.576. The molecule has 0 atom stereocenters. The number of aryl methyl sites for hydroxylation is 3. The summed E-state index contributed by atoms with van der Waals surface area (Å²) in [6.45, 7) is 7.93. The number of hydrogen-bond acceptors (Lipinski definition) is 4. The smallest absolute Gasteiger partial charge is 0.318 e. The first-order valence-corrected chi connectivity index (χ1v) is 11.3. The lowest BCUT2D eigenvalue weighted by Gasteiger charge is -2.14. The van der Waals surface area contributed by atoms with Crippen LogP contribution in [0.25, 0.3) is 5.69 Å². The molecule has 1 aliphatic rings. The second kappa shape index (κ2) is 8.70. The van der Waals surface area contributed by atoms with Crippen LogP contribution >= 0.6 is 0 Å². The summed E-state index contributed by atoms with van der Waals surface area (Å²) in [6, 6.07) is 9.99. The second-order valence-electron chi connectivity index (χ2n) is 8.96. The Hall–Kier alpha value is -3.66. The Kier molecular flexibility index (Phi) is 5.94. The number of ketones is 1. The van der Waals surface area contributed by atoms with Gasteiger partial charge in [0.05, 0.1) is 6.54 Å². The minimum atomic E-state index is -0.674. The Balaban J connectivity index is 1.78. The van der Waals surface area contributed by atoms with Crippen molar-refractivity contribution in [2.75, 3.05) is 0 Å². The van der Waals surface area contributed by atoms with E-state index < -0.39 is 11.2 Å². The second-order valence-corrected chi connectivity index (χ2v) is 8.96. The van der Waals surface area contributed by atoms with Gasteiger partial charge >= 0.3 is 5.69 Å². The van der Waals surface area contributed by atoms with Gasteiger partial charge in [-0.25, -0.2) is 4.79 Å². The Morgan fingerprint density at radius 3 is 2.36 bits per heavy atom. The molecule has 0 spiro atoms. The van der Waals surface area contributed by atoms with Gasteiger partial charge in [-0.3, -0.25) is 18.7 Å². The van der Waals surface area contributed by atoms with Crippen LogP contribution in [0.15, 0.2) is 33.9 Å². The predicted octanol–water partition coefficient (Wildman–Crippen LogP) is 3.52. The molecule has 33 heavy (non-hydrogen) atoms. The van der Waals surface area contributed by atoms with Crippen LogP contribution < -0.4 is 11.2 Å². The minimum Gasteiger partial charge on any atom is -0.318 e. The molecular weight excluding hydrogens is 416 g/mol. The van der Waals surface area contributed by atoms with Gasteiger partial charge in [0.15, 0.2) is 5.78 Å². The van der Waals surface area contributed by atoms with Crippen molar-refractivity contribution in [1.82, 2.24) is 13.7 Å². The molecule has 0 radical (unpaired) electrons. The molecule has 4 rings (SSSR count). The van der Waals surface area contributed by atoms with Gasteiger partial charge in [0.1, 0.15) is 11.6 Å². The van der Waals surface area contributed by atoms with E-state index in [9.17, 15) is 19.6 Å². The van der Waals surface area contributed by atoms with Crippen molar-refractivity contribution < 1.29 is 4.79 Å². The van der Waals surface area contributed by atoms with Gasteiger partial charge in [0, 0.05) is 34.9 Å². The molecule has 0 bridgehead atoms. The zero-order chi connectivity index (χ0) is 23.9. The predicted molar refractivity (Wildman–Crippen MR) is 126 cm³/mol. The Morgan fingerprint density at radius 1 is 1.00 bits per heavy atom. The summed E-state index contributed by atoms with van der Waals surface area (Å²) in [4.78, 5) is 39.4. The minimum absolute atomic E-state index is 0.0231. The number of benzene rings is 1. The maximum Gasteiger partial charge on any atom is 0.331 e. The third-order valence-corrected chi connectivity index (χ3v) is 6.44. The fourth-order valence-corrected chi connectivity index (χ4v) is 4.97. The molecule has 0 amide bonds. The number of aromatic nitrogens is 3. The molecule has 3 aromatic rings. The standard InChI is InChI=1S/C26H28N4O3/c1-16-10-17(2)12-20(11-16)30-18(3)13-21(19(30)4)24(31)15-29-25(32)22(14-27)23-8-6-5-7-9-28(23)26(29)33/h10-13H,5-9,15H2,1-4H3. The lowest BCUT2D eigenvalue weighted by molar-refractivity contribution is 0.0967. The highest BCUT2D eigenvalue weighted by Gasteiger charge is 2.24. The highest BCUT2D eigenvalue weighted by molar-refractivity contribution is 5.97. The molecule has 0 unspecified atom stereocenters. The van der Waals surface area contributed by atoms with Crippen molar-refractivity contribution in [2.45, 2.75) is 66.5 Å². The molecule has 170 valence electrons. The number of rotatable bonds is 4. The summed E-state index contributed by atoms with van der Waals surface area (Å²) < 4.78 is 4.46. The fourth-order valence-electron chi connectivity index (χ4n) is 4.97. The van der Waals surface area contributed by atoms with Gasteiger partial charge in [-0.1, -0.05) is 12.5 Å². The highest BCUT2D eigenvalue weighted by atomic mass is 16.2. The van der Waals surface area contributed by atoms with E-state index in [4.69, 9.17) is 0 Å². The maximum atomic E-state index is 13.3. The monoisotopic (exact) mass is 444 g/mol. The van der Waals surface area contributed by atoms with Crippen LogP contribution in [0.1, 0.15) is 63.4 Å². The van der Waals surface area contributed by atoms with Gasteiger partial charge in [0.25, 0.3) is 5.56 Å². The summed E-state index contributed by atoms with van der Waals surface area (Å²) in [6.07, 6.45) is 3.10. The van der Waals surface area contributed by atoms with Gasteiger partial charge in [-0.2, -0.15) is 5.26 Å². The van der Waals surface area contributed by atoms with E-state index in [0.29, 0.717) is 24.2 Å². The first-order valence-electron chi connectivity index (χ1n) is 11.3. The van der Waals surface area contributed by atoms with E-state index in [-0.39, 0.29) is 17.9 Å². The molecule has 2 aromatic heterocycles. The van der Waals surface area contributed by atoms with Crippen molar-refractivity contribution in [3.8, 4) is 11.8 Å². The van der Waals surface area contributed by atoms with E-state index in [2.05, 4.69) is 18.2 Å². The Labute approximate surface area is 192 Å². The van der Waals surface area contributed by atoms with Crippen LogP contribution in [0.5, 0.6) is 0 Å². The maximum absolute atomic E-state index is 13.3. The van der Waals surface area contributed by atoms with Crippen molar-refractivity contribution in [1.29, 1.82) is 5.26 Å². The molecule has 7 heteroatoms. The fraction of sp³-hybridized carbons (Fsp3) is 0.385. The van der Waals surface area contributed by atoms with E-state index in [0.717, 1.165) is 52.0 Å². The normalized spacial score (nSPS) is 13.3. The van der Waals surface area contributed by atoms with Crippen molar-refractivity contribution in [2.24, 2.45) is 0 Å². The topological polar surface area (TPSA) is 89.8 Å². The number of Topliss-reactive ketones (excluding diaryl/α,β-unsaturated/α-hetero) is 1. The molecule has 1 aliphatic heterocycles. The molecule has 0 saturated carbocycles. The van der Waals surface area contributed by atoms with Crippen LogP contribution in [0, 0.1) is 39.0 Å². The van der Waals surface area contributed by atoms with E-state index in [1.807, 2.05) is 38.3 Å². The molecule has 0 fully saturated rings. The number of hydrogen-bond donors (Lipinski definition) is 0. The molecule has 1 aromatic carbocycles.